The molecule has 2 rings (SSSR count). The molecule has 0 bridgehead atoms. The van der Waals surface area contributed by atoms with Crippen LogP contribution in [0, 0.1) is 5.95 Å². The summed E-state index contributed by atoms with van der Waals surface area (Å²) in [6.07, 6.45) is -2.89. The van der Waals surface area contributed by atoms with Crippen molar-refractivity contribution in [1.82, 2.24) is 4.98 Å². The van der Waals surface area contributed by atoms with Crippen LogP contribution in [0.3, 0.4) is 0 Å². The highest BCUT2D eigenvalue weighted by Crippen LogP contribution is 2.36. The lowest BCUT2D eigenvalue weighted by Crippen LogP contribution is -2.41. The fourth-order valence-corrected chi connectivity index (χ4v) is 1.72. The molecule has 1 aromatic rings. The van der Waals surface area contributed by atoms with Crippen molar-refractivity contribution in [2.45, 2.75) is 45.3 Å². The largest absolute Gasteiger partial charge is 0.514 e. The SMILES string of the molecule is CC1(C)OB(c2ccc(C(F)F)c(F)n2)OC1(C)C. The van der Waals surface area contributed by atoms with Gasteiger partial charge in [-0.05, 0) is 39.8 Å². The van der Waals surface area contributed by atoms with Crippen LogP contribution in [0.1, 0.15) is 39.7 Å². The van der Waals surface area contributed by atoms with Gasteiger partial charge in [-0.25, -0.2) is 13.8 Å². The Morgan fingerprint density at radius 3 is 2.05 bits per heavy atom. The van der Waals surface area contributed by atoms with Gasteiger partial charge < -0.3 is 9.31 Å². The lowest BCUT2D eigenvalue weighted by Gasteiger charge is -2.32. The summed E-state index contributed by atoms with van der Waals surface area (Å²) in [6.45, 7) is 7.38. The third-order valence-electron chi connectivity index (χ3n) is 3.63. The molecule has 2 heterocycles. The molecular formula is C12H15BF3NO2. The first-order valence-electron chi connectivity index (χ1n) is 5.94. The first kappa shape index (κ1) is 14.3. The number of rotatable bonds is 2. The van der Waals surface area contributed by atoms with Crippen molar-refractivity contribution < 1.29 is 22.5 Å². The van der Waals surface area contributed by atoms with Gasteiger partial charge >= 0.3 is 7.12 Å². The summed E-state index contributed by atoms with van der Waals surface area (Å²) in [6, 6.07) is 2.31. The van der Waals surface area contributed by atoms with Gasteiger partial charge in [0.2, 0.25) is 5.95 Å². The monoisotopic (exact) mass is 273 g/mol. The van der Waals surface area contributed by atoms with Gasteiger partial charge in [-0.2, -0.15) is 4.39 Å². The number of hydrogen-bond donors (Lipinski definition) is 0. The Bertz CT molecular complexity index is 478. The zero-order valence-electron chi connectivity index (χ0n) is 11.2. The van der Waals surface area contributed by atoms with Gasteiger partial charge in [0.25, 0.3) is 6.43 Å². The number of aromatic nitrogens is 1. The van der Waals surface area contributed by atoms with Crippen molar-refractivity contribution in [2.24, 2.45) is 0 Å². The van der Waals surface area contributed by atoms with Gasteiger partial charge in [0.1, 0.15) is 0 Å². The number of pyridine rings is 1. The molecule has 0 atom stereocenters. The summed E-state index contributed by atoms with van der Waals surface area (Å²) in [5.74, 6) is -1.19. The predicted octanol–water partition coefficient (Wildman–Crippen LogP) is 2.46. The van der Waals surface area contributed by atoms with Gasteiger partial charge in [0, 0.05) is 0 Å². The van der Waals surface area contributed by atoms with Crippen molar-refractivity contribution in [3.05, 3.63) is 23.6 Å². The maximum Gasteiger partial charge on any atom is 0.514 e. The number of hydrogen-bond acceptors (Lipinski definition) is 3. The van der Waals surface area contributed by atoms with E-state index < -0.39 is 36.3 Å². The molecule has 0 aliphatic carbocycles. The van der Waals surface area contributed by atoms with Crippen LogP contribution in [-0.2, 0) is 9.31 Å². The Morgan fingerprint density at radius 1 is 1.11 bits per heavy atom. The quantitative estimate of drug-likeness (QED) is 0.612. The predicted molar refractivity (Wildman–Crippen MR) is 64.9 cm³/mol. The topological polar surface area (TPSA) is 31.4 Å². The molecule has 1 aromatic heterocycles. The van der Waals surface area contributed by atoms with E-state index in [2.05, 4.69) is 4.98 Å². The fraction of sp³-hybridized carbons (Fsp3) is 0.583. The molecule has 104 valence electrons. The van der Waals surface area contributed by atoms with Gasteiger partial charge in [-0.3, -0.25) is 0 Å². The molecule has 0 N–H and O–H groups in total. The third-order valence-corrected chi connectivity index (χ3v) is 3.63. The molecule has 3 nitrogen and oxygen atoms in total. The fourth-order valence-electron chi connectivity index (χ4n) is 1.72. The highest BCUT2D eigenvalue weighted by atomic mass is 19.3. The van der Waals surface area contributed by atoms with E-state index in [9.17, 15) is 13.2 Å². The van der Waals surface area contributed by atoms with Crippen molar-refractivity contribution >= 4 is 12.7 Å². The smallest absolute Gasteiger partial charge is 0.398 e. The molecule has 1 aliphatic rings. The summed E-state index contributed by atoms with van der Waals surface area (Å²) < 4.78 is 49.7. The summed E-state index contributed by atoms with van der Waals surface area (Å²) in [5, 5.41) is 0. The maximum absolute atomic E-state index is 13.4. The average Bonchev–Trinajstić information content (AvgIpc) is 2.47. The molecule has 7 heteroatoms. The Hall–Kier alpha value is -1.08. The minimum absolute atomic E-state index is 0.153. The maximum atomic E-state index is 13.4. The lowest BCUT2D eigenvalue weighted by atomic mass is 9.84. The van der Waals surface area contributed by atoms with Crippen LogP contribution in [-0.4, -0.2) is 23.3 Å². The Balaban J connectivity index is 2.28. The van der Waals surface area contributed by atoms with Crippen molar-refractivity contribution in [1.29, 1.82) is 0 Å². The molecule has 0 amide bonds. The van der Waals surface area contributed by atoms with Gasteiger partial charge in [0.15, 0.2) is 0 Å². The Kier molecular flexibility index (Phi) is 3.39. The molecule has 0 spiro atoms. The first-order chi connectivity index (χ1) is 8.64. The standard InChI is InChI=1S/C12H15BF3NO2/c1-11(2)12(3,4)19-13(18-11)8-6-5-7(9(14)15)10(16)17-8/h5-6,9H,1-4H3. The number of nitrogens with zero attached hydrogens (tertiary/aromatic N) is 1. The third kappa shape index (κ3) is 2.49. The van der Waals surface area contributed by atoms with Crippen LogP contribution in [0.15, 0.2) is 12.1 Å². The second kappa shape index (κ2) is 4.49. The number of halogens is 3. The van der Waals surface area contributed by atoms with E-state index in [0.29, 0.717) is 0 Å². The van der Waals surface area contributed by atoms with Crippen LogP contribution in [0.4, 0.5) is 13.2 Å². The van der Waals surface area contributed by atoms with Gasteiger partial charge in [-0.1, -0.05) is 0 Å². The van der Waals surface area contributed by atoms with Crippen LogP contribution < -0.4 is 5.59 Å². The molecule has 0 saturated carbocycles. The average molecular weight is 273 g/mol. The minimum atomic E-state index is -2.89. The normalized spacial score (nSPS) is 21.2. The van der Waals surface area contributed by atoms with E-state index in [-0.39, 0.29) is 5.59 Å². The van der Waals surface area contributed by atoms with Gasteiger partial charge in [0.05, 0.1) is 22.4 Å². The van der Waals surface area contributed by atoms with E-state index in [4.69, 9.17) is 9.31 Å². The molecule has 0 radical (unpaired) electrons. The second-order valence-corrected chi connectivity index (χ2v) is 5.51. The number of alkyl halides is 2. The second-order valence-electron chi connectivity index (χ2n) is 5.51. The highest BCUT2D eigenvalue weighted by Gasteiger charge is 2.52. The van der Waals surface area contributed by atoms with Crippen LogP contribution >= 0.6 is 0 Å². The van der Waals surface area contributed by atoms with E-state index in [1.165, 1.54) is 6.07 Å². The summed E-state index contributed by atoms with van der Waals surface area (Å²) in [4.78, 5) is 3.51. The van der Waals surface area contributed by atoms with Crippen LogP contribution in [0.25, 0.3) is 0 Å². The van der Waals surface area contributed by atoms with E-state index >= 15 is 0 Å². The molecular weight excluding hydrogens is 258 g/mol. The molecule has 0 unspecified atom stereocenters. The lowest BCUT2D eigenvalue weighted by molar-refractivity contribution is 0.00578. The summed E-state index contributed by atoms with van der Waals surface area (Å²) >= 11 is 0. The molecule has 19 heavy (non-hydrogen) atoms. The zero-order valence-corrected chi connectivity index (χ0v) is 11.2. The van der Waals surface area contributed by atoms with Crippen molar-refractivity contribution in [3.8, 4) is 0 Å². The Morgan fingerprint density at radius 2 is 1.63 bits per heavy atom. The molecule has 1 fully saturated rings. The Labute approximate surface area is 110 Å². The van der Waals surface area contributed by atoms with Crippen molar-refractivity contribution in [2.75, 3.05) is 0 Å². The van der Waals surface area contributed by atoms with E-state index in [0.717, 1.165) is 6.07 Å². The molecule has 1 saturated heterocycles. The summed E-state index contributed by atoms with van der Waals surface area (Å²) in [5.41, 5.74) is -1.74. The highest BCUT2D eigenvalue weighted by molar-refractivity contribution is 6.61. The van der Waals surface area contributed by atoms with E-state index in [1.54, 1.807) is 0 Å². The first-order valence-corrected chi connectivity index (χ1v) is 5.94. The molecule has 0 aromatic carbocycles. The van der Waals surface area contributed by atoms with Crippen molar-refractivity contribution in [3.63, 3.8) is 0 Å². The van der Waals surface area contributed by atoms with Crippen LogP contribution in [0.2, 0.25) is 0 Å². The van der Waals surface area contributed by atoms with Crippen LogP contribution in [0.5, 0.6) is 0 Å². The summed E-state index contributed by atoms with van der Waals surface area (Å²) in [7, 11) is -0.855. The zero-order chi connectivity index (χ0) is 14.4. The minimum Gasteiger partial charge on any atom is -0.398 e. The van der Waals surface area contributed by atoms with Gasteiger partial charge in [-0.15, -0.1) is 0 Å². The molecule has 1 aliphatic heterocycles. The van der Waals surface area contributed by atoms with E-state index in [1.807, 2.05) is 27.7 Å².